The van der Waals surface area contributed by atoms with Gasteiger partial charge in [-0.25, -0.2) is 0 Å². The smallest absolute Gasteiger partial charge is 0.268 e. The molecule has 6 nitrogen and oxygen atoms in total. The number of aromatic nitrogens is 2. The Morgan fingerprint density at radius 2 is 2.22 bits per heavy atom. The number of piperazine rings is 1. The predicted octanol–water partition coefficient (Wildman–Crippen LogP) is -0.132. The molecular weight excluding hydrogens is 347 g/mol. The maximum absolute atomic E-state index is 11.6. The minimum Gasteiger partial charge on any atom is -0.492 e. The lowest BCUT2D eigenvalue weighted by Gasteiger charge is -2.37. The van der Waals surface area contributed by atoms with Gasteiger partial charge in [-0.05, 0) is 36.7 Å². The minimum atomic E-state index is -0.273. The van der Waals surface area contributed by atoms with Gasteiger partial charge >= 0.3 is 0 Å². The van der Waals surface area contributed by atoms with Crippen molar-refractivity contribution in [1.29, 1.82) is 0 Å². The van der Waals surface area contributed by atoms with Gasteiger partial charge < -0.3 is 19.9 Å². The number of rotatable bonds is 2. The van der Waals surface area contributed by atoms with E-state index in [0.29, 0.717) is 18.3 Å². The highest BCUT2D eigenvalue weighted by Gasteiger charge is 2.23. The van der Waals surface area contributed by atoms with Gasteiger partial charge in [0.2, 0.25) is 5.88 Å². The van der Waals surface area contributed by atoms with Crippen molar-refractivity contribution in [1.82, 2.24) is 19.8 Å². The molecule has 0 bridgehead atoms. The minimum absolute atomic E-state index is 0.179. The summed E-state index contributed by atoms with van der Waals surface area (Å²) in [6, 6.07) is 0.311. The van der Waals surface area contributed by atoms with Gasteiger partial charge in [0.15, 0.2) is 0 Å². The summed E-state index contributed by atoms with van der Waals surface area (Å²) >= 11 is 1.79. The maximum Gasteiger partial charge on any atom is 0.268 e. The molecule has 100 valence electrons. The Hall–Kier alpha value is -0.670. The summed E-state index contributed by atoms with van der Waals surface area (Å²) in [5.74, 6) is 0.367. The highest BCUT2D eigenvalue weighted by atomic mass is 127. The highest BCUT2D eigenvalue weighted by Crippen LogP contribution is 2.14. The monoisotopic (exact) mass is 364 g/mol. The van der Waals surface area contributed by atoms with Gasteiger partial charge in [0.25, 0.3) is 5.56 Å². The first-order chi connectivity index (χ1) is 8.47. The molecule has 1 aliphatic rings. The van der Waals surface area contributed by atoms with Crippen LogP contribution in [0.4, 0.5) is 0 Å². The summed E-state index contributed by atoms with van der Waals surface area (Å²) in [5, 5.41) is 9.57. The fourth-order valence-corrected chi connectivity index (χ4v) is 2.39. The third kappa shape index (κ3) is 3.01. The number of halogens is 1. The number of aromatic amines is 1. The molecule has 2 rings (SSSR count). The van der Waals surface area contributed by atoms with Gasteiger partial charge in [-0.2, -0.15) is 4.98 Å². The normalized spacial score (nSPS) is 22.3. The molecule has 0 aliphatic carbocycles. The lowest BCUT2D eigenvalue weighted by atomic mass is 10.1. The van der Waals surface area contributed by atoms with E-state index in [1.807, 2.05) is 0 Å². The number of H-pyrrole nitrogens is 1. The number of nitrogens with one attached hydrogen (secondary N) is 1. The lowest BCUT2D eigenvalue weighted by Crippen LogP contribution is -2.51. The molecule has 1 aromatic heterocycles. The van der Waals surface area contributed by atoms with Gasteiger partial charge in [0, 0.05) is 32.1 Å². The molecule has 7 heteroatoms. The van der Waals surface area contributed by atoms with Crippen LogP contribution in [0, 0.1) is 3.57 Å². The van der Waals surface area contributed by atoms with Crippen LogP contribution in [0.1, 0.15) is 5.82 Å². The molecule has 0 amide bonds. The van der Waals surface area contributed by atoms with E-state index in [0.717, 1.165) is 19.6 Å². The molecule has 2 heterocycles. The van der Waals surface area contributed by atoms with Crippen molar-refractivity contribution in [2.75, 3.05) is 33.7 Å². The Morgan fingerprint density at radius 1 is 1.50 bits per heavy atom. The van der Waals surface area contributed by atoms with Crippen LogP contribution >= 0.6 is 22.6 Å². The van der Waals surface area contributed by atoms with E-state index in [9.17, 15) is 9.90 Å². The third-order valence-corrected chi connectivity index (χ3v) is 4.28. The van der Waals surface area contributed by atoms with Crippen LogP contribution in [0.2, 0.25) is 0 Å². The summed E-state index contributed by atoms with van der Waals surface area (Å²) in [7, 11) is 4.16. The molecular formula is C11H17IN4O2. The fourth-order valence-electron chi connectivity index (χ4n) is 2.13. The number of aromatic hydroxyl groups is 1. The average molecular weight is 364 g/mol. The van der Waals surface area contributed by atoms with Crippen LogP contribution in [-0.4, -0.2) is 64.6 Å². The molecule has 0 radical (unpaired) electrons. The second-order valence-electron chi connectivity index (χ2n) is 4.75. The van der Waals surface area contributed by atoms with E-state index in [4.69, 9.17) is 0 Å². The highest BCUT2D eigenvalue weighted by molar-refractivity contribution is 14.1. The molecule has 1 unspecified atom stereocenters. The molecule has 0 saturated carbocycles. The van der Waals surface area contributed by atoms with E-state index < -0.39 is 0 Å². The molecule has 0 spiro atoms. The molecule has 2 N–H and O–H groups in total. The van der Waals surface area contributed by atoms with Crippen LogP contribution < -0.4 is 5.56 Å². The molecule has 1 fully saturated rings. The summed E-state index contributed by atoms with van der Waals surface area (Å²) in [4.78, 5) is 22.8. The Labute approximate surface area is 119 Å². The molecule has 18 heavy (non-hydrogen) atoms. The van der Waals surface area contributed by atoms with Crippen molar-refractivity contribution in [2.45, 2.75) is 12.5 Å². The Balaban J connectivity index is 2.16. The summed E-state index contributed by atoms with van der Waals surface area (Å²) in [5.41, 5.74) is -0.273. The maximum atomic E-state index is 11.6. The molecule has 0 aromatic carbocycles. The van der Waals surface area contributed by atoms with E-state index in [1.165, 1.54) is 0 Å². The summed E-state index contributed by atoms with van der Waals surface area (Å²) < 4.78 is 0.241. The van der Waals surface area contributed by atoms with Crippen molar-refractivity contribution in [3.05, 3.63) is 19.7 Å². The topological polar surface area (TPSA) is 72.5 Å². The van der Waals surface area contributed by atoms with Gasteiger partial charge in [-0.3, -0.25) is 4.79 Å². The van der Waals surface area contributed by atoms with Crippen LogP contribution in [-0.2, 0) is 6.42 Å². The van der Waals surface area contributed by atoms with Gasteiger partial charge in [-0.15, -0.1) is 0 Å². The van der Waals surface area contributed by atoms with Crippen molar-refractivity contribution >= 4 is 22.6 Å². The van der Waals surface area contributed by atoms with Crippen LogP contribution in [0.25, 0.3) is 0 Å². The van der Waals surface area contributed by atoms with Crippen LogP contribution in [0.3, 0.4) is 0 Å². The number of hydrogen-bond donors (Lipinski definition) is 2. The summed E-state index contributed by atoms with van der Waals surface area (Å²) in [6.45, 7) is 2.99. The fraction of sp³-hybridized carbons (Fsp3) is 0.636. The second kappa shape index (κ2) is 5.54. The van der Waals surface area contributed by atoms with E-state index in [-0.39, 0.29) is 15.0 Å². The first kappa shape index (κ1) is 13.8. The zero-order chi connectivity index (χ0) is 13.3. The third-order valence-electron chi connectivity index (χ3n) is 3.30. The van der Waals surface area contributed by atoms with Gasteiger partial charge in [-0.1, -0.05) is 0 Å². The van der Waals surface area contributed by atoms with Gasteiger partial charge in [0.05, 0.1) is 0 Å². The van der Waals surface area contributed by atoms with Crippen LogP contribution in [0.5, 0.6) is 5.88 Å². The SMILES string of the molecule is CN1CCN(C)C(Cc2nc(O)c(I)c(=O)[nH]2)C1. The number of nitrogens with zero attached hydrogens (tertiary/aromatic N) is 3. The van der Waals surface area contributed by atoms with Crippen molar-refractivity contribution in [3.8, 4) is 5.88 Å². The van der Waals surface area contributed by atoms with E-state index >= 15 is 0 Å². The Kier molecular flexibility index (Phi) is 4.23. The van der Waals surface area contributed by atoms with Gasteiger partial charge in [0.1, 0.15) is 9.39 Å². The van der Waals surface area contributed by atoms with E-state index in [2.05, 4.69) is 33.9 Å². The molecule has 1 aliphatic heterocycles. The quantitative estimate of drug-likeness (QED) is 0.716. The molecule has 1 atom stereocenters. The zero-order valence-electron chi connectivity index (χ0n) is 10.5. The van der Waals surface area contributed by atoms with Crippen molar-refractivity contribution in [2.24, 2.45) is 0 Å². The predicted molar refractivity (Wildman–Crippen MR) is 76.9 cm³/mol. The standard InChI is InChI=1S/C11H17IN4O2/c1-15-3-4-16(2)7(6-15)5-8-13-10(17)9(12)11(18)14-8/h7H,3-6H2,1-2H3,(H2,13,14,17,18). The largest absolute Gasteiger partial charge is 0.492 e. The number of hydrogen-bond acceptors (Lipinski definition) is 5. The first-order valence-corrected chi connectivity index (χ1v) is 6.91. The summed E-state index contributed by atoms with van der Waals surface area (Å²) in [6.07, 6.45) is 0.639. The zero-order valence-corrected chi connectivity index (χ0v) is 12.6. The van der Waals surface area contributed by atoms with E-state index in [1.54, 1.807) is 22.6 Å². The van der Waals surface area contributed by atoms with Crippen molar-refractivity contribution in [3.63, 3.8) is 0 Å². The number of likely N-dealkylation sites (N-methyl/N-ethyl adjacent to an activating group) is 2. The van der Waals surface area contributed by atoms with Crippen molar-refractivity contribution < 1.29 is 5.11 Å². The van der Waals surface area contributed by atoms with Crippen LogP contribution in [0.15, 0.2) is 4.79 Å². The Bertz CT molecular complexity index is 490. The second-order valence-corrected chi connectivity index (χ2v) is 5.83. The Morgan fingerprint density at radius 3 is 2.89 bits per heavy atom. The average Bonchev–Trinajstić information content (AvgIpc) is 2.31. The lowest BCUT2D eigenvalue weighted by molar-refractivity contribution is 0.113. The molecule has 1 saturated heterocycles. The first-order valence-electron chi connectivity index (χ1n) is 5.84. The molecule has 1 aromatic rings.